The van der Waals surface area contributed by atoms with Gasteiger partial charge in [0, 0.05) is 11.5 Å². The fourth-order valence-electron chi connectivity index (χ4n) is 2.43. The maximum atomic E-state index is 13.8. The summed E-state index contributed by atoms with van der Waals surface area (Å²) in [6, 6.07) is 13.0. The van der Waals surface area contributed by atoms with Crippen LogP contribution in [0.2, 0.25) is 0 Å². The zero-order chi connectivity index (χ0) is 16.5. The van der Waals surface area contributed by atoms with Crippen LogP contribution in [0, 0.1) is 5.82 Å². The minimum atomic E-state index is -0.455. The van der Waals surface area contributed by atoms with Crippen LogP contribution in [-0.4, -0.2) is 21.3 Å². The summed E-state index contributed by atoms with van der Waals surface area (Å²) in [6.45, 7) is 0. The van der Waals surface area contributed by atoms with Crippen LogP contribution < -0.4 is 5.32 Å². The van der Waals surface area contributed by atoms with Crippen LogP contribution in [0.15, 0.2) is 59.3 Å². The van der Waals surface area contributed by atoms with Gasteiger partial charge in [0.25, 0.3) is 5.91 Å². The molecule has 0 atom stereocenters. The molecule has 2 N–H and O–H groups in total. The number of nitrogens with zero attached hydrogens (tertiary/aromatic N) is 2. The summed E-state index contributed by atoms with van der Waals surface area (Å²) in [5.74, 6) is -0.704. The third-order valence-electron chi connectivity index (χ3n) is 3.61. The first-order valence-electron chi connectivity index (χ1n) is 7.17. The first-order chi connectivity index (χ1) is 11.7. The van der Waals surface area contributed by atoms with Crippen LogP contribution >= 0.6 is 0 Å². The van der Waals surface area contributed by atoms with Gasteiger partial charge in [-0.1, -0.05) is 29.4 Å². The number of nitrogens with one attached hydrogen (secondary N) is 2. The molecular formula is C17H11FN4O2. The highest BCUT2D eigenvalue weighted by atomic mass is 19.1. The third kappa shape index (κ3) is 2.41. The van der Waals surface area contributed by atoms with E-state index in [9.17, 15) is 9.18 Å². The van der Waals surface area contributed by atoms with Crippen LogP contribution in [0.25, 0.3) is 22.2 Å². The lowest BCUT2D eigenvalue weighted by Crippen LogP contribution is -2.12. The smallest absolute Gasteiger partial charge is 0.277 e. The first kappa shape index (κ1) is 14.1. The molecule has 2 heterocycles. The van der Waals surface area contributed by atoms with Crippen molar-refractivity contribution in [3.63, 3.8) is 0 Å². The molecule has 0 aliphatic heterocycles. The molecule has 0 fully saturated rings. The van der Waals surface area contributed by atoms with Gasteiger partial charge in [-0.3, -0.25) is 9.89 Å². The van der Waals surface area contributed by atoms with E-state index in [0.29, 0.717) is 11.2 Å². The Bertz CT molecular complexity index is 1040. The molecule has 0 spiro atoms. The highest BCUT2D eigenvalue weighted by Gasteiger charge is 2.17. The Morgan fingerprint density at radius 2 is 2.04 bits per heavy atom. The summed E-state index contributed by atoms with van der Waals surface area (Å²) >= 11 is 0. The molecular weight excluding hydrogens is 311 g/mol. The van der Waals surface area contributed by atoms with Gasteiger partial charge in [-0.25, -0.2) is 4.39 Å². The number of halogens is 1. The van der Waals surface area contributed by atoms with Crippen molar-refractivity contribution in [1.82, 2.24) is 15.4 Å². The zero-order valence-corrected chi connectivity index (χ0v) is 12.3. The third-order valence-corrected chi connectivity index (χ3v) is 3.61. The molecule has 24 heavy (non-hydrogen) atoms. The molecule has 4 aromatic rings. The molecule has 0 aliphatic carbocycles. The van der Waals surface area contributed by atoms with Crippen molar-refractivity contribution >= 4 is 22.5 Å². The number of H-pyrrole nitrogens is 1. The maximum absolute atomic E-state index is 13.8. The van der Waals surface area contributed by atoms with Gasteiger partial charge in [-0.2, -0.15) is 5.10 Å². The molecule has 118 valence electrons. The molecule has 6 nitrogen and oxygen atoms in total. The second-order valence-corrected chi connectivity index (χ2v) is 5.15. The van der Waals surface area contributed by atoms with Crippen molar-refractivity contribution in [2.75, 3.05) is 5.32 Å². The Hall–Kier alpha value is -3.48. The van der Waals surface area contributed by atoms with Crippen LogP contribution in [-0.2, 0) is 0 Å². The molecule has 0 saturated heterocycles. The molecule has 0 unspecified atom stereocenters. The number of carbonyl (C=O) groups excluding carboxylic acids is 1. The summed E-state index contributed by atoms with van der Waals surface area (Å²) < 4.78 is 18.9. The highest BCUT2D eigenvalue weighted by Crippen LogP contribution is 2.24. The minimum absolute atomic E-state index is 0.0600. The maximum Gasteiger partial charge on any atom is 0.277 e. The Balaban J connectivity index is 1.62. The monoisotopic (exact) mass is 322 g/mol. The fraction of sp³-hybridized carbons (Fsp3) is 0. The molecule has 0 bridgehead atoms. The average molecular weight is 322 g/mol. The number of carbonyl (C=O) groups is 1. The number of fused-ring (bicyclic) bond motifs is 1. The van der Waals surface area contributed by atoms with Gasteiger partial charge in [0.05, 0.1) is 23.0 Å². The fourth-order valence-corrected chi connectivity index (χ4v) is 2.43. The van der Waals surface area contributed by atoms with E-state index >= 15 is 0 Å². The van der Waals surface area contributed by atoms with E-state index in [-0.39, 0.29) is 17.0 Å². The average Bonchev–Trinajstić information content (AvgIpc) is 3.25. The summed E-state index contributed by atoms with van der Waals surface area (Å²) in [6.07, 6.45) is 1.66. The first-order valence-corrected chi connectivity index (χ1v) is 7.17. The van der Waals surface area contributed by atoms with Gasteiger partial charge in [-0.15, -0.1) is 0 Å². The number of benzene rings is 2. The van der Waals surface area contributed by atoms with Crippen molar-refractivity contribution in [2.24, 2.45) is 0 Å². The molecule has 2 aromatic carbocycles. The van der Waals surface area contributed by atoms with Crippen molar-refractivity contribution in [1.29, 1.82) is 0 Å². The topological polar surface area (TPSA) is 83.8 Å². The second kappa shape index (κ2) is 5.62. The summed E-state index contributed by atoms with van der Waals surface area (Å²) in [7, 11) is 0. The predicted octanol–water partition coefficient (Wildman–Crippen LogP) is 3.61. The van der Waals surface area contributed by atoms with Crippen molar-refractivity contribution in [3.8, 4) is 11.3 Å². The normalized spacial score (nSPS) is 10.9. The van der Waals surface area contributed by atoms with Crippen LogP contribution in [0.5, 0.6) is 0 Å². The summed E-state index contributed by atoms with van der Waals surface area (Å²) in [5, 5.41) is 14.1. The standard InChI is InChI=1S/C17H11FN4O2/c18-12-6-2-1-5-11(12)15-8-14(22-24-15)17(23)20-13-7-3-4-10-9-19-21-16(10)13/h1-9H,(H,19,21)(H,20,23). The molecule has 7 heteroatoms. The van der Waals surface area contributed by atoms with E-state index in [0.717, 1.165) is 5.39 Å². The van der Waals surface area contributed by atoms with Crippen molar-refractivity contribution in [2.45, 2.75) is 0 Å². The van der Waals surface area contributed by atoms with Crippen LogP contribution in [0.3, 0.4) is 0 Å². The largest absolute Gasteiger partial charge is 0.355 e. The van der Waals surface area contributed by atoms with E-state index in [1.165, 1.54) is 12.1 Å². The lowest BCUT2D eigenvalue weighted by Gasteiger charge is -2.03. The number of hydrogen-bond acceptors (Lipinski definition) is 4. The van der Waals surface area contributed by atoms with E-state index in [1.54, 1.807) is 36.5 Å². The quantitative estimate of drug-likeness (QED) is 0.603. The van der Waals surface area contributed by atoms with Crippen LogP contribution in [0.1, 0.15) is 10.5 Å². The van der Waals surface area contributed by atoms with Gasteiger partial charge >= 0.3 is 0 Å². The van der Waals surface area contributed by atoms with E-state index in [4.69, 9.17) is 4.52 Å². The Labute approximate surface area is 135 Å². The molecule has 0 aliphatic rings. The second-order valence-electron chi connectivity index (χ2n) is 5.15. The molecule has 0 saturated carbocycles. The minimum Gasteiger partial charge on any atom is -0.355 e. The number of para-hydroxylation sites is 1. The van der Waals surface area contributed by atoms with E-state index < -0.39 is 11.7 Å². The number of anilines is 1. The van der Waals surface area contributed by atoms with Gasteiger partial charge in [0.1, 0.15) is 5.82 Å². The lowest BCUT2D eigenvalue weighted by atomic mass is 10.1. The molecule has 4 rings (SSSR count). The van der Waals surface area contributed by atoms with Crippen LogP contribution in [0.4, 0.5) is 10.1 Å². The zero-order valence-electron chi connectivity index (χ0n) is 12.3. The summed E-state index contributed by atoms with van der Waals surface area (Å²) in [5.41, 5.74) is 1.60. The lowest BCUT2D eigenvalue weighted by molar-refractivity contribution is 0.101. The Morgan fingerprint density at radius 3 is 2.92 bits per heavy atom. The number of rotatable bonds is 3. The van der Waals surface area contributed by atoms with Crippen molar-refractivity contribution in [3.05, 3.63) is 66.2 Å². The Kier molecular flexibility index (Phi) is 3.31. The van der Waals surface area contributed by atoms with Gasteiger partial charge in [-0.05, 0) is 18.2 Å². The van der Waals surface area contributed by atoms with E-state index in [1.807, 2.05) is 6.07 Å². The molecule has 0 radical (unpaired) electrons. The number of hydrogen-bond donors (Lipinski definition) is 2. The SMILES string of the molecule is O=C(Nc1cccc2cn[nH]c12)c1cc(-c2ccccc2F)on1. The van der Waals surface area contributed by atoms with Gasteiger partial charge in [0.15, 0.2) is 11.5 Å². The number of aromatic amines is 1. The Morgan fingerprint density at radius 1 is 1.17 bits per heavy atom. The number of aromatic nitrogens is 3. The molecule has 1 amide bonds. The van der Waals surface area contributed by atoms with E-state index in [2.05, 4.69) is 20.7 Å². The highest BCUT2D eigenvalue weighted by molar-refractivity contribution is 6.07. The molecule has 2 aromatic heterocycles. The predicted molar refractivity (Wildman–Crippen MR) is 85.9 cm³/mol. The van der Waals surface area contributed by atoms with Crippen molar-refractivity contribution < 1.29 is 13.7 Å². The van der Waals surface area contributed by atoms with Gasteiger partial charge < -0.3 is 9.84 Å². The number of amides is 1. The van der Waals surface area contributed by atoms with Gasteiger partial charge in [0.2, 0.25) is 0 Å². The summed E-state index contributed by atoms with van der Waals surface area (Å²) in [4.78, 5) is 12.3.